The minimum atomic E-state index is 0.0809. The van der Waals surface area contributed by atoms with Crippen molar-refractivity contribution in [2.24, 2.45) is 5.73 Å². The first kappa shape index (κ1) is 15.1. The Morgan fingerprint density at radius 2 is 2.06 bits per heavy atom. The number of thioether (sulfide) groups is 1. The van der Waals surface area contributed by atoms with Crippen molar-refractivity contribution in [3.05, 3.63) is 35.4 Å². The molecule has 0 aliphatic heterocycles. The molecule has 3 N–H and O–H groups in total. The van der Waals surface area contributed by atoms with Gasteiger partial charge in [0.2, 0.25) is 5.91 Å². The van der Waals surface area contributed by atoms with Crippen LogP contribution in [-0.2, 0) is 17.8 Å². The monoisotopic (exact) mass is 266 g/mol. The summed E-state index contributed by atoms with van der Waals surface area (Å²) in [4.78, 5) is 11.8. The van der Waals surface area contributed by atoms with E-state index < -0.39 is 0 Å². The molecular weight excluding hydrogens is 244 g/mol. The second-order valence-electron chi connectivity index (χ2n) is 4.05. The van der Waals surface area contributed by atoms with Gasteiger partial charge in [0.15, 0.2) is 0 Å². The minimum absolute atomic E-state index is 0.0809. The molecule has 0 radical (unpaired) electrons. The van der Waals surface area contributed by atoms with Gasteiger partial charge in [-0.2, -0.15) is 11.8 Å². The first-order chi connectivity index (χ1) is 8.77. The molecule has 0 spiro atoms. The van der Waals surface area contributed by atoms with Gasteiger partial charge >= 0.3 is 0 Å². The van der Waals surface area contributed by atoms with Crippen molar-refractivity contribution in [2.75, 3.05) is 18.1 Å². The molecule has 0 saturated carbocycles. The van der Waals surface area contributed by atoms with E-state index in [4.69, 9.17) is 5.73 Å². The molecule has 1 aromatic carbocycles. The van der Waals surface area contributed by atoms with Crippen LogP contribution >= 0.6 is 11.8 Å². The van der Waals surface area contributed by atoms with Crippen LogP contribution in [0.1, 0.15) is 24.5 Å². The summed E-state index contributed by atoms with van der Waals surface area (Å²) in [7, 11) is 0. The number of hydrogen-bond donors (Lipinski definition) is 2. The zero-order valence-electron chi connectivity index (χ0n) is 10.9. The van der Waals surface area contributed by atoms with E-state index in [0.717, 1.165) is 35.6 Å². The summed E-state index contributed by atoms with van der Waals surface area (Å²) in [5.41, 5.74) is 7.73. The summed E-state index contributed by atoms with van der Waals surface area (Å²) >= 11 is 1.90. The van der Waals surface area contributed by atoms with Gasteiger partial charge in [0, 0.05) is 13.1 Å². The predicted octanol–water partition coefficient (Wildman–Crippen LogP) is 1.95. The van der Waals surface area contributed by atoms with E-state index in [1.165, 1.54) is 0 Å². The van der Waals surface area contributed by atoms with Crippen molar-refractivity contribution in [1.29, 1.82) is 0 Å². The minimum Gasteiger partial charge on any atom is -0.356 e. The summed E-state index contributed by atoms with van der Waals surface area (Å²) in [5.74, 6) is 2.32. The maximum Gasteiger partial charge on any atom is 0.224 e. The highest BCUT2D eigenvalue weighted by molar-refractivity contribution is 7.99. The summed E-state index contributed by atoms with van der Waals surface area (Å²) in [6, 6.07) is 7.83. The number of nitrogens with two attached hydrogens (primary N) is 1. The number of nitrogens with one attached hydrogen (secondary N) is 1. The molecule has 100 valence electrons. The lowest BCUT2D eigenvalue weighted by Crippen LogP contribution is -2.27. The number of amides is 1. The van der Waals surface area contributed by atoms with E-state index in [0.29, 0.717) is 13.0 Å². The molecule has 0 fully saturated rings. The molecule has 0 atom stereocenters. The molecule has 0 unspecified atom stereocenters. The van der Waals surface area contributed by atoms with Gasteiger partial charge in [-0.15, -0.1) is 0 Å². The van der Waals surface area contributed by atoms with Crippen LogP contribution in [0.25, 0.3) is 0 Å². The summed E-state index contributed by atoms with van der Waals surface area (Å²) < 4.78 is 0. The Morgan fingerprint density at radius 3 is 2.72 bits per heavy atom. The first-order valence-corrected chi connectivity index (χ1v) is 7.54. The zero-order valence-corrected chi connectivity index (χ0v) is 11.8. The van der Waals surface area contributed by atoms with Gasteiger partial charge in [0.1, 0.15) is 0 Å². The molecule has 1 amide bonds. The number of carbonyl (C=O) groups is 1. The lowest BCUT2D eigenvalue weighted by molar-refractivity contribution is -0.120. The van der Waals surface area contributed by atoms with Crippen molar-refractivity contribution >= 4 is 17.7 Å². The van der Waals surface area contributed by atoms with Crippen molar-refractivity contribution in [3.63, 3.8) is 0 Å². The van der Waals surface area contributed by atoms with Crippen molar-refractivity contribution in [2.45, 2.75) is 26.3 Å². The molecule has 0 aromatic heterocycles. The Bertz CT molecular complexity index is 369. The number of carbonyl (C=O) groups excluding carboxylic acids is 1. The lowest BCUT2D eigenvalue weighted by Gasteiger charge is -2.08. The predicted molar refractivity (Wildman–Crippen MR) is 78.7 cm³/mol. The van der Waals surface area contributed by atoms with Crippen LogP contribution in [0.4, 0.5) is 0 Å². The van der Waals surface area contributed by atoms with Gasteiger partial charge in [-0.05, 0) is 29.1 Å². The number of hydrogen-bond acceptors (Lipinski definition) is 3. The fourth-order valence-corrected chi connectivity index (χ4v) is 2.35. The molecule has 0 heterocycles. The third-order valence-electron chi connectivity index (χ3n) is 2.68. The second-order valence-corrected chi connectivity index (χ2v) is 5.44. The van der Waals surface area contributed by atoms with Crippen LogP contribution in [-0.4, -0.2) is 24.0 Å². The molecular formula is C14H22N2OS. The highest BCUT2D eigenvalue weighted by Crippen LogP contribution is 2.08. The van der Waals surface area contributed by atoms with E-state index in [1.807, 2.05) is 36.0 Å². The van der Waals surface area contributed by atoms with Gasteiger partial charge in [0.05, 0.1) is 6.42 Å². The van der Waals surface area contributed by atoms with Crippen molar-refractivity contribution in [3.8, 4) is 0 Å². The van der Waals surface area contributed by atoms with E-state index >= 15 is 0 Å². The molecule has 0 saturated heterocycles. The highest BCUT2D eigenvalue weighted by Gasteiger charge is 2.05. The molecule has 1 aromatic rings. The summed E-state index contributed by atoms with van der Waals surface area (Å²) in [6.45, 7) is 3.39. The Balaban J connectivity index is 2.31. The van der Waals surface area contributed by atoms with E-state index in [1.54, 1.807) is 0 Å². The summed E-state index contributed by atoms with van der Waals surface area (Å²) in [5, 5.41) is 2.95. The van der Waals surface area contributed by atoms with Crippen LogP contribution in [0.5, 0.6) is 0 Å². The van der Waals surface area contributed by atoms with Crippen molar-refractivity contribution in [1.82, 2.24) is 5.32 Å². The summed E-state index contributed by atoms with van der Waals surface area (Å²) in [6.07, 6.45) is 1.46. The topological polar surface area (TPSA) is 55.1 Å². The van der Waals surface area contributed by atoms with E-state index in [9.17, 15) is 4.79 Å². The molecule has 0 bridgehead atoms. The van der Waals surface area contributed by atoms with Gasteiger partial charge in [-0.1, -0.05) is 31.2 Å². The number of benzene rings is 1. The smallest absolute Gasteiger partial charge is 0.224 e. The van der Waals surface area contributed by atoms with Crippen molar-refractivity contribution < 1.29 is 4.79 Å². The Labute approximate surface area is 114 Å². The highest BCUT2D eigenvalue weighted by atomic mass is 32.2. The normalized spacial score (nSPS) is 10.3. The maximum atomic E-state index is 11.8. The Hall–Kier alpha value is -1.00. The largest absolute Gasteiger partial charge is 0.356 e. The third-order valence-corrected chi connectivity index (χ3v) is 3.67. The van der Waals surface area contributed by atoms with Crippen LogP contribution in [0, 0.1) is 0 Å². The molecule has 0 aliphatic carbocycles. The molecule has 3 nitrogen and oxygen atoms in total. The van der Waals surface area contributed by atoms with Gasteiger partial charge in [-0.3, -0.25) is 4.79 Å². The fraction of sp³-hybridized carbons (Fsp3) is 0.500. The molecule has 4 heteroatoms. The standard InChI is InChI=1S/C14H22N2OS/c1-2-18-9-5-8-16-14(17)10-12-6-3-4-7-13(12)11-15/h3-4,6-7H,2,5,8-11,15H2,1H3,(H,16,17). The maximum absolute atomic E-state index is 11.8. The fourth-order valence-electron chi connectivity index (χ4n) is 1.71. The average molecular weight is 266 g/mol. The molecule has 0 aliphatic rings. The Morgan fingerprint density at radius 1 is 1.33 bits per heavy atom. The zero-order chi connectivity index (χ0) is 13.2. The van der Waals surface area contributed by atoms with Gasteiger partial charge < -0.3 is 11.1 Å². The van der Waals surface area contributed by atoms with Gasteiger partial charge in [-0.25, -0.2) is 0 Å². The number of rotatable bonds is 8. The van der Waals surface area contributed by atoms with E-state index in [2.05, 4.69) is 12.2 Å². The first-order valence-electron chi connectivity index (χ1n) is 6.39. The van der Waals surface area contributed by atoms with Crippen LogP contribution in [0.3, 0.4) is 0 Å². The Kier molecular flexibility index (Phi) is 7.53. The molecule has 1 rings (SSSR count). The van der Waals surface area contributed by atoms with Gasteiger partial charge in [0.25, 0.3) is 0 Å². The quantitative estimate of drug-likeness (QED) is 0.707. The van der Waals surface area contributed by atoms with Crippen LogP contribution < -0.4 is 11.1 Å². The SMILES string of the molecule is CCSCCCNC(=O)Cc1ccccc1CN. The molecule has 18 heavy (non-hydrogen) atoms. The van der Waals surface area contributed by atoms with Crippen LogP contribution in [0.2, 0.25) is 0 Å². The third kappa shape index (κ3) is 5.56. The lowest BCUT2D eigenvalue weighted by atomic mass is 10.0. The van der Waals surface area contributed by atoms with Crippen LogP contribution in [0.15, 0.2) is 24.3 Å². The second kappa shape index (κ2) is 9.00. The average Bonchev–Trinajstić information content (AvgIpc) is 2.39. The van der Waals surface area contributed by atoms with E-state index in [-0.39, 0.29) is 5.91 Å².